The van der Waals surface area contributed by atoms with E-state index < -0.39 is 36.7 Å². The topological polar surface area (TPSA) is 149 Å². The summed E-state index contributed by atoms with van der Waals surface area (Å²) >= 11 is 5.86. The van der Waals surface area contributed by atoms with Crippen LogP contribution in [-0.2, 0) is 20.0 Å². The molecule has 2 rings (SSSR count). The summed E-state index contributed by atoms with van der Waals surface area (Å²) in [4.78, 5) is 11.3. The largest absolute Gasteiger partial charge is 0.322 e. The van der Waals surface area contributed by atoms with Crippen LogP contribution in [0, 0.1) is 5.82 Å². The Kier molecular flexibility index (Phi) is 5.16. The van der Waals surface area contributed by atoms with Gasteiger partial charge in [0.2, 0.25) is 20.0 Å². The highest BCUT2D eigenvalue weighted by atomic mass is 35.5. The van der Waals surface area contributed by atoms with Crippen LogP contribution in [0.2, 0.25) is 5.02 Å². The van der Waals surface area contributed by atoms with E-state index >= 15 is 0 Å². The quantitative estimate of drug-likeness (QED) is 0.691. The summed E-state index contributed by atoms with van der Waals surface area (Å²) in [6, 6.07) is 5.66. The van der Waals surface area contributed by atoms with Crippen molar-refractivity contribution in [2.45, 2.75) is 9.79 Å². The van der Waals surface area contributed by atoms with Gasteiger partial charge in [-0.05, 0) is 36.4 Å². The molecular weight excluding hydrogens is 397 g/mol. The second-order valence-corrected chi connectivity index (χ2v) is 8.39. The fourth-order valence-corrected chi connectivity index (χ4v) is 3.16. The molecule has 0 radical (unpaired) electrons. The van der Waals surface area contributed by atoms with E-state index in [4.69, 9.17) is 21.9 Å². The minimum Gasteiger partial charge on any atom is -0.322 e. The average Bonchev–Trinajstić information content (AvgIpc) is 2.44. The van der Waals surface area contributed by atoms with Crippen LogP contribution in [0.25, 0.3) is 0 Å². The molecule has 0 spiro atoms. The second-order valence-electron chi connectivity index (χ2n) is 4.86. The number of primary sulfonamides is 2. The number of sulfonamides is 2. The number of nitrogens with two attached hydrogens (primary N) is 2. The summed E-state index contributed by atoms with van der Waals surface area (Å²) in [5, 5.41) is 12.0. The number of hydrogen-bond acceptors (Lipinski definition) is 5. The third kappa shape index (κ3) is 4.74. The number of carbonyl (C=O) groups is 1. The van der Waals surface area contributed by atoms with Crippen molar-refractivity contribution in [1.82, 2.24) is 0 Å². The van der Waals surface area contributed by atoms with Crippen molar-refractivity contribution in [3.63, 3.8) is 0 Å². The number of anilines is 1. The summed E-state index contributed by atoms with van der Waals surface area (Å²) in [6.07, 6.45) is 0. The molecule has 1 amide bonds. The maximum Gasteiger partial charge on any atom is 0.257 e. The fourth-order valence-electron chi connectivity index (χ4n) is 1.85. The smallest absolute Gasteiger partial charge is 0.257 e. The number of carbonyl (C=O) groups excluding carboxylic acids is 1. The Labute approximate surface area is 147 Å². The Balaban J connectivity index is 2.43. The Bertz CT molecular complexity index is 1070. The van der Waals surface area contributed by atoms with Gasteiger partial charge in [0, 0.05) is 5.69 Å². The second kappa shape index (κ2) is 6.69. The molecule has 0 fully saturated rings. The fraction of sp³-hybridized carbons (Fsp3) is 0. The van der Waals surface area contributed by atoms with Gasteiger partial charge in [-0.3, -0.25) is 4.79 Å². The molecule has 0 atom stereocenters. The van der Waals surface area contributed by atoms with Gasteiger partial charge in [-0.1, -0.05) is 11.6 Å². The number of nitrogens with one attached hydrogen (secondary N) is 1. The molecule has 2 aromatic rings. The van der Waals surface area contributed by atoms with Crippen molar-refractivity contribution in [2.75, 3.05) is 5.32 Å². The molecule has 0 saturated heterocycles. The molecule has 25 heavy (non-hydrogen) atoms. The summed E-state index contributed by atoms with van der Waals surface area (Å²) in [5.41, 5.74) is -0.472. The van der Waals surface area contributed by atoms with Crippen LogP contribution < -0.4 is 15.6 Å². The molecule has 0 aromatic heterocycles. The van der Waals surface area contributed by atoms with E-state index in [0.29, 0.717) is 6.07 Å². The van der Waals surface area contributed by atoms with Crippen molar-refractivity contribution in [1.29, 1.82) is 0 Å². The third-order valence-corrected chi connectivity index (χ3v) is 5.10. The van der Waals surface area contributed by atoms with E-state index in [-0.39, 0.29) is 21.2 Å². The molecule has 0 aliphatic heterocycles. The molecule has 134 valence electrons. The van der Waals surface area contributed by atoms with Crippen LogP contribution in [0.15, 0.2) is 46.2 Å². The Morgan fingerprint density at radius 2 is 1.56 bits per heavy atom. The lowest BCUT2D eigenvalue weighted by molar-refractivity contribution is 0.102. The van der Waals surface area contributed by atoms with E-state index in [9.17, 15) is 26.0 Å². The Morgan fingerprint density at radius 1 is 0.960 bits per heavy atom. The van der Waals surface area contributed by atoms with E-state index in [1.807, 2.05) is 0 Å². The molecule has 5 N–H and O–H groups in total. The van der Waals surface area contributed by atoms with Crippen LogP contribution in [-0.4, -0.2) is 22.7 Å². The maximum absolute atomic E-state index is 13.5. The highest BCUT2D eigenvalue weighted by Crippen LogP contribution is 2.23. The molecule has 0 saturated carbocycles. The Hall–Kier alpha value is -2.05. The lowest BCUT2D eigenvalue weighted by atomic mass is 10.2. The van der Waals surface area contributed by atoms with Crippen molar-refractivity contribution in [2.24, 2.45) is 10.3 Å². The standard InChI is InChI=1S/C13H11ClFN3O5S2/c14-12-2-1-9(24(16,20)21)6-11(12)13(19)18-8-3-7(15)4-10(5-8)25(17,22)23/h1-6H,(H,18,19)(H2,16,20,21)(H2,17,22,23). The number of rotatable bonds is 4. The molecule has 8 nitrogen and oxygen atoms in total. The first-order valence-corrected chi connectivity index (χ1v) is 9.82. The Morgan fingerprint density at radius 3 is 2.12 bits per heavy atom. The molecule has 0 heterocycles. The zero-order valence-corrected chi connectivity index (χ0v) is 14.6. The highest BCUT2D eigenvalue weighted by molar-refractivity contribution is 7.89. The third-order valence-electron chi connectivity index (χ3n) is 2.97. The predicted molar refractivity (Wildman–Crippen MR) is 88.6 cm³/mol. The lowest BCUT2D eigenvalue weighted by Crippen LogP contribution is -2.17. The van der Waals surface area contributed by atoms with Crippen LogP contribution in [0.3, 0.4) is 0 Å². The number of halogens is 2. The monoisotopic (exact) mass is 407 g/mol. The van der Waals surface area contributed by atoms with Gasteiger partial charge < -0.3 is 5.32 Å². The number of amides is 1. The van der Waals surface area contributed by atoms with Gasteiger partial charge in [-0.25, -0.2) is 31.5 Å². The normalized spacial score (nSPS) is 12.0. The molecule has 0 aliphatic carbocycles. The summed E-state index contributed by atoms with van der Waals surface area (Å²) in [7, 11) is -8.27. The summed E-state index contributed by atoms with van der Waals surface area (Å²) < 4.78 is 58.8. The zero-order chi connectivity index (χ0) is 19.0. The van der Waals surface area contributed by atoms with Crippen molar-refractivity contribution in [3.05, 3.63) is 52.8 Å². The van der Waals surface area contributed by atoms with Crippen molar-refractivity contribution >= 4 is 43.2 Å². The van der Waals surface area contributed by atoms with E-state index in [0.717, 1.165) is 30.3 Å². The molecule has 0 aliphatic rings. The van der Waals surface area contributed by atoms with Crippen molar-refractivity contribution < 1.29 is 26.0 Å². The summed E-state index contributed by atoms with van der Waals surface area (Å²) in [6.45, 7) is 0. The van der Waals surface area contributed by atoms with Gasteiger partial charge in [0.15, 0.2) is 0 Å². The number of hydrogen-bond donors (Lipinski definition) is 3. The summed E-state index contributed by atoms with van der Waals surface area (Å²) in [5.74, 6) is -1.85. The van der Waals surface area contributed by atoms with E-state index in [2.05, 4.69) is 5.32 Å². The first-order chi connectivity index (χ1) is 11.4. The maximum atomic E-state index is 13.5. The van der Waals surface area contributed by atoms with Crippen LogP contribution in [0.1, 0.15) is 10.4 Å². The number of benzene rings is 2. The van der Waals surface area contributed by atoms with Crippen LogP contribution in [0.4, 0.5) is 10.1 Å². The van der Waals surface area contributed by atoms with Crippen LogP contribution in [0.5, 0.6) is 0 Å². The first-order valence-electron chi connectivity index (χ1n) is 6.35. The van der Waals surface area contributed by atoms with Gasteiger partial charge >= 0.3 is 0 Å². The van der Waals surface area contributed by atoms with Gasteiger partial charge in [-0.15, -0.1) is 0 Å². The average molecular weight is 408 g/mol. The minimum absolute atomic E-state index is 0.0898. The minimum atomic E-state index is -4.20. The van der Waals surface area contributed by atoms with E-state index in [1.54, 1.807) is 0 Å². The lowest BCUT2D eigenvalue weighted by Gasteiger charge is -2.09. The SMILES string of the molecule is NS(=O)(=O)c1cc(F)cc(NC(=O)c2cc(S(N)(=O)=O)ccc2Cl)c1. The van der Waals surface area contributed by atoms with E-state index in [1.165, 1.54) is 0 Å². The van der Waals surface area contributed by atoms with Gasteiger partial charge in [0.25, 0.3) is 5.91 Å². The van der Waals surface area contributed by atoms with Gasteiger partial charge in [0.05, 0.1) is 20.4 Å². The van der Waals surface area contributed by atoms with Gasteiger partial charge in [0.1, 0.15) is 5.82 Å². The first kappa shape index (κ1) is 19.3. The zero-order valence-electron chi connectivity index (χ0n) is 12.2. The molecule has 2 aromatic carbocycles. The molecule has 0 bridgehead atoms. The highest BCUT2D eigenvalue weighted by Gasteiger charge is 2.17. The van der Waals surface area contributed by atoms with Crippen LogP contribution >= 0.6 is 11.6 Å². The molecule has 12 heteroatoms. The molecule has 0 unspecified atom stereocenters. The van der Waals surface area contributed by atoms with Crippen molar-refractivity contribution in [3.8, 4) is 0 Å². The van der Waals surface area contributed by atoms with Gasteiger partial charge in [-0.2, -0.15) is 0 Å². The predicted octanol–water partition coefficient (Wildman–Crippen LogP) is 1.03. The molecular formula is C13H11ClFN3O5S2.